The maximum absolute atomic E-state index is 13.4. The van der Waals surface area contributed by atoms with Gasteiger partial charge in [-0.1, -0.05) is 39.0 Å². The van der Waals surface area contributed by atoms with Crippen LogP contribution >= 0.6 is 11.3 Å². The molecule has 0 aliphatic heterocycles. The zero-order chi connectivity index (χ0) is 24.3. The molecule has 6 heteroatoms. The van der Waals surface area contributed by atoms with Crippen molar-refractivity contribution >= 4 is 34.1 Å². The van der Waals surface area contributed by atoms with Crippen LogP contribution in [0.3, 0.4) is 0 Å². The molecule has 1 unspecified atom stereocenters. The Hall–Kier alpha value is -3.12. The fraction of sp³-hybridized carbons (Fsp3) is 0.357. The van der Waals surface area contributed by atoms with Crippen LogP contribution in [0.2, 0.25) is 0 Å². The molecule has 1 aliphatic carbocycles. The minimum absolute atomic E-state index is 0.0988. The molecule has 0 saturated heterocycles. The molecule has 3 aromatic rings. The lowest BCUT2D eigenvalue weighted by Crippen LogP contribution is -2.27. The van der Waals surface area contributed by atoms with Gasteiger partial charge < -0.3 is 15.2 Å². The number of anilines is 1. The predicted molar refractivity (Wildman–Crippen MR) is 140 cm³/mol. The minimum atomic E-state index is -0.120. The molecule has 5 nitrogen and oxygen atoms in total. The maximum atomic E-state index is 13.4. The van der Waals surface area contributed by atoms with Crippen LogP contribution in [-0.4, -0.2) is 23.8 Å². The lowest BCUT2D eigenvalue weighted by Gasteiger charge is -2.33. The van der Waals surface area contributed by atoms with Crippen LogP contribution in [0.25, 0.3) is 0 Å². The molecule has 0 fully saturated rings. The molecule has 34 heavy (non-hydrogen) atoms. The first-order valence-corrected chi connectivity index (χ1v) is 12.6. The number of fused-ring (bicyclic) bond motifs is 1. The molecule has 2 aromatic carbocycles. The SMILES string of the molecule is CCOc1cc(/C=N\c2sc3c(c2C(=O)Nc2ccccc2)CCC(C(C)(C)C)C3)ccc1O. The van der Waals surface area contributed by atoms with Crippen molar-refractivity contribution in [3.63, 3.8) is 0 Å². The number of nitrogens with zero attached hydrogens (tertiary/aromatic N) is 1. The summed E-state index contributed by atoms with van der Waals surface area (Å²) in [6, 6.07) is 14.7. The number of aliphatic imine (C=N–C) groups is 1. The standard InChI is InChI=1S/C28H32N2O3S/c1-5-33-23-15-18(11-14-22(23)31)17-29-27-25(26(32)30-20-9-7-6-8-10-20)21-13-12-19(28(2,3)4)16-24(21)34-27/h6-11,14-15,17,19,31H,5,12-13,16H2,1-4H3,(H,30,32)/b29-17-. The van der Waals surface area contributed by atoms with E-state index in [4.69, 9.17) is 9.73 Å². The number of amides is 1. The van der Waals surface area contributed by atoms with Crippen molar-refractivity contribution in [3.05, 3.63) is 70.1 Å². The van der Waals surface area contributed by atoms with E-state index in [2.05, 4.69) is 26.1 Å². The Labute approximate surface area is 205 Å². The Bertz CT molecular complexity index is 1190. The fourth-order valence-corrected chi connectivity index (χ4v) is 5.63. The van der Waals surface area contributed by atoms with E-state index in [-0.39, 0.29) is 17.1 Å². The van der Waals surface area contributed by atoms with E-state index in [1.165, 1.54) is 4.88 Å². The van der Waals surface area contributed by atoms with Crippen molar-refractivity contribution in [1.29, 1.82) is 0 Å². The topological polar surface area (TPSA) is 70.9 Å². The van der Waals surface area contributed by atoms with Gasteiger partial charge in [0.25, 0.3) is 5.91 Å². The first-order valence-electron chi connectivity index (χ1n) is 11.8. The van der Waals surface area contributed by atoms with E-state index >= 15 is 0 Å². The number of phenols is 1. The van der Waals surface area contributed by atoms with Gasteiger partial charge >= 0.3 is 0 Å². The van der Waals surface area contributed by atoms with Crippen molar-refractivity contribution in [2.24, 2.45) is 16.3 Å². The number of carbonyl (C=O) groups excluding carboxylic acids is 1. The lowest BCUT2D eigenvalue weighted by molar-refractivity contribution is 0.102. The summed E-state index contributed by atoms with van der Waals surface area (Å²) in [5.74, 6) is 0.978. The molecule has 2 N–H and O–H groups in total. The van der Waals surface area contributed by atoms with Gasteiger partial charge in [-0.2, -0.15) is 0 Å². The minimum Gasteiger partial charge on any atom is -0.504 e. The number of carbonyl (C=O) groups is 1. The number of hydrogen-bond donors (Lipinski definition) is 2. The molecule has 4 rings (SSSR count). The van der Waals surface area contributed by atoms with Crippen LogP contribution < -0.4 is 10.1 Å². The third-order valence-electron chi connectivity index (χ3n) is 6.34. The molecule has 0 bridgehead atoms. The third-order valence-corrected chi connectivity index (χ3v) is 7.51. The molecular formula is C28H32N2O3S. The van der Waals surface area contributed by atoms with E-state index in [1.807, 2.05) is 37.3 Å². The van der Waals surface area contributed by atoms with E-state index in [0.717, 1.165) is 41.1 Å². The fourth-order valence-electron chi connectivity index (χ4n) is 4.37. The van der Waals surface area contributed by atoms with Crippen LogP contribution in [0.1, 0.15) is 60.5 Å². The number of aromatic hydroxyl groups is 1. The summed E-state index contributed by atoms with van der Waals surface area (Å²) >= 11 is 1.62. The van der Waals surface area contributed by atoms with E-state index in [0.29, 0.717) is 23.8 Å². The van der Waals surface area contributed by atoms with Gasteiger partial charge in [0.05, 0.1) is 12.2 Å². The summed E-state index contributed by atoms with van der Waals surface area (Å²) in [7, 11) is 0. The molecule has 0 spiro atoms. The van der Waals surface area contributed by atoms with Gasteiger partial charge in [0, 0.05) is 16.8 Å². The van der Waals surface area contributed by atoms with Gasteiger partial charge in [-0.15, -0.1) is 11.3 Å². The summed E-state index contributed by atoms with van der Waals surface area (Å²) in [6.45, 7) is 9.21. The van der Waals surface area contributed by atoms with E-state index in [9.17, 15) is 9.90 Å². The average Bonchev–Trinajstić information content (AvgIpc) is 3.17. The zero-order valence-electron chi connectivity index (χ0n) is 20.2. The maximum Gasteiger partial charge on any atom is 0.259 e. The van der Waals surface area contributed by atoms with Crippen molar-refractivity contribution < 1.29 is 14.6 Å². The summed E-state index contributed by atoms with van der Waals surface area (Å²) in [5.41, 5.74) is 3.60. The third kappa shape index (κ3) is 5.33. The van der Waals surface area contributed by atoms with Crippen LogP contribution in [0.5, 0.6) is 11.5 Å². The van der Waals surface area contributed by atoms with Crippen molar-refractivity contribution in [1.82, 2.24) is 0 Å². The monoisotopic (exact) mass is 476 g/mol. The molecule has 0 saturated carbocycles. The number of para-hydroxylation sites is 1. The highest BCUT2D eigenvalue weighted by molar-refractivity contribution is 7.16. The van der Waals surface area contributed by atoms with Crippen LogP contribution in [0.4, 0.5) is 10.7 Å². The molecule has 1 atom stereocenters. The summed E-state index contributed by atoms with van der Waals surface area (Å²) < 4.78 is 5.49. The lowest BCUT2D eigenvalue weighted by atomic mass is 9.72. The normalized spacial score (nSPS) is 15.8. The summed E-state index contributed by atoms with van der Waals surface area (Å²) in [4.78, 5) is 19.4. The van der Waals surface area contributed by atoms with Crippen molar-refractivity contribution in [2.45, 2.75) is 47.0 Å². The van der Waals surface area contributed by atoms with Crippen LogP contribution in [0.15, 0.2) is 53.5 Å². The molecular weight excluding hydrogens is 444 g/mol. The van der Waals surface area contributed by atoms with Gasteiger partial charge in [0.15, 0.2) is 11.5 Å². The second-order valence-corrected chi connectivity index (χ2v) is 10.8. The first kappa shape index (κ1) is 24.0. The smallest absolute Gasteiger partial charge is 0.259 e. The van der Waals surface area contributed by atoms with Crippen molar-refractivity contribution in [2.75, 3.05) is 11.9 Å². The average molecular weight is 477 g/mol. The molecule has 1 aliphatic rings. The number of benzene rings is 2. The molecule has 178 valence electrons. The highest BCUT2D eigenvalue weighted by Gasteiger charge is 2.33. The Morgan fingerprint density at radius 2 is 2.00 bits per heavy atom. The van der Waals surface area contributed by atoms with Gasteiger partial charge in [0.1, 0.15) is 5.00 Å². The Morgan fingerprint density at radius 3 is 2.71 bits per heavy atom. The van der Waals surface area contributed by atoms with Crippen LogP contribution in [0, 0.1) is 11.3 Å². The number of rotatable bonds is 6. The first-order chi connectivity index (χ1) is 16.3. The molecule has 1 amide bonds. The predicted octanol–water partition coefficient (Wildman–Crippen LogP) is 7.01. The highest BCUT2D eigenvalue weighted by Crippen LogP contribution is 2.45. The Kier molecular flexibility index (Phi) is 7.08. The number of hydrogen-bond acceptors (Lipinski definition) is 5. The summed E-state index contributed by atoms with van der Waals surface area (Å²) in [6.07, 6.45) is 4.66. The second kappa shape index (κ2) is 10.0. The molecule has 0 radical (unpaired) electrons. The number of nitrogens with one attached hydrogen (secondary N) is 1. The van der Waals surface area contributed by atoms with Gasteiger partial charge in [-0.05, 0) is 79.0 Å². The number of thiophene rings is 1. The van der Waals surface area contributed by atoms with E-state index in [1.54, 1.807) is 35.8 Å². The van der Waals surface area contributed by atoms with Gasteiger partial charge in [-0.25, -0.2) is 4.99 Å². The highest BCUT2D eigenvalue weighted by atomic mass is 32.1. The van der Waals surface area contributed by atoms with Gasteiger partial charge in [0.2, 0.25) is 0 Å². The largest absolute Gasteiger partial charge is 0.504 e. The van der Waals surface area contributed by atoms with Crippen molar-refractivity contribution in [3.8, 4) is 11.5 Å². The Balaban J connectivity index is 1.69. The number of phenolic OH excluding ortho intramolecular Hbond substituents is 1. The quantitative estimate of drug-likeness (QED) is 0.376. The van der Waals surface area contributed by atoms with Gasteiger partial charge in [-0.3, -0.25) is 4.79 Å². The number of ether oxygens (including phenoxy) is 1. The van der Waals surface area contributed by atoms with E-state index < -0.39 is 0 Å². The summed E-state index contributed by atoms with van der Waals surface area (Å²) in [5, 5.41) is 13.8. The van der Waals surface area contributed by atoms with Crippen LogP contribution in [-0.2, 0) is 12.8 Å². The Morgan fingerprint density at radius 1 is 1.24 bits per heavy atom. The molecule has 1 heterocycles. The second-order valence-electron chi connectivity index (χ2n) is 9.73. The zero-order valence-corrected chi connectivity index (χ0v) is 21.0. The molecule has 1 aromatic heterocycles.